The van der Waals surface area contributed by atoms with Gasteiger partial charge in [0.25, 0.3) is 0 Å². The fraction of sp³-hybridized carbons (Fsp3) is 0. The molecule has 0 radical (unpaired) electrons. The van der Waals surface area contributed by atoms with Gasteiger partial charge in [-0.15, -0.1) is 0 Å². The number of hydrogen-bond donors (Lipinski definition) is 0. The lowest BCUT2D eigenvalue weighted by atomic mass is 9.96. The lowest BCUT2D eigenvalue weighted by Gasteiger charge is -2.09. The van der Waals surface area contributed by atoms with Crippen LogP contribution in [0.4, 0.5) is 0 Å². The second-order valence-electron chi connectivity index (χ2n) is 5.61. The molecule has 0 saturated heterocycles. The SMILES string of the molecule is O=C(c1ccccc1)c1cc2ccccc2nc1C(=O)c1ccsc1. The van der Waals surface area contributed by atoms with Crippen molar-refractivity contribution in [1.82, 2.24) is 4.98 Å². The first kappa shape index (κ1) is 15.4. The Bertz CT molecular complexity index is 1070. The number of rotatable bonds is 4. The summed E-state index contributed by atoms with van der Waals surface area (Å²) in [6.45, 7) is 0. The Labute approximate surface area is 148 Å². The first-order valence-corrected chi connectivity index (χ1v) is 8.75. The van der Waals surface area contributed by atoms with Crippen molar-refractivity contribution < 1.29 is 9.59 Å². The van der Waals surface area contributed by atoms with E-state index in [0.717, 1.165) is 5.39 Å². The van der Waals surface area contributed by atoms with Crippen LogP contribution in [0.2, 0.25) is 0 Å². The van der Waals surface area contributed by atoms with Crippen molar-refractivity contribution >= 4 is 33.8 Å². The zero-order valence-corrected chi connectivity index (χ0v) is 14.0. The molecule has 0 fully saturated rings. The van der Waals surface area contributed by atoms with Gasteiger partial charge in [0, 0.05) is 21.9 Å². The number of para-hydroxylation sites is 1. The molecule has 0 aliphatic heterocycles. The average molecular weight is 343 g/mol. The van der Waals surface area contributed by atoms with Crippen molar-refractivity contribution in [3.05, 3.63) is 99.9 Å². The van der Waals surface area contributed by atoms with Crippen molar-refractivity contribution in [3.63, 3.8) is 0 Å². The zero-order valence-electron chi connectivity index (χ0n) is 13.2. The van der Waals surface area contributed by atoms with Crippen LogP contribution in [0, 0.1) is 0 Å². The molecule has 4 rings (SSSR count). The van der Waals surface area contributed by atoms with E-state index in [1.807, 2.05) is 47.8 Å². The first-order chi connectivity index (χ1) is 12.2. The molecule has 3 nitrogen and oxygen atoms in total. The van der Waals surface area contributed by atoms with Gasteiger partial charge in [0.2, 0.25) is 5.78 Å². The molecule has 4 aromatic rings. The number of ketones is 2. The molecule has 2 heterocycles. The molecular formula is C21H13NO2S. The van der Waals surface area contributed by atoms with E-state index in [1.165, 1.54) is 11.3 Å². The number of nitrogens with zero attached hydrogens (tertiary/aromatic N) is 1. The molecule has 0 bridgehead atoms. The number of aromatic nitrogens is 1. The lowest BCUT2D eigenvalue weighted by molar-refractivity contribution is 0.1000. The van der Waals surface area contributed by atoms with Crippen LogP contribution in [0.25, 0.3) is 10.9 Å². The number of pyridine rings is 1. The topological polar surface area (TPSA) is 47.0 Å². The second-order valence-corrected chi connectivity index (χ2v) is 6.39. The third-order valence-corrected chi connectivity index (χ3v) is 4.69. The van der Waals surface area contributed by atoms with Gasteiger partial charge in [0.1, 0.15) is 5.69 Å². The van der Waals surface area contributed by atoms with Crippen molar-refractivity contribution in [2.45, 2.75) is 0 Å². The largest absolute Gasteiger partial charge is 0.289 e. The van der Waals surface area contributed by atoms with Crippen molar-refractivity contribution in [3.8, 4) is 0 Å². The van der Waals surface area contributed by atoms with Crippen LogP contribution in [0.5, 0.6) is 0 Å². The third-order valence-electron chi connectivity index (χ3n) is 4.00. The van der Waals surface area contributed by atoms with Crippen LogP contribution in [0.15, 0.2) is 77.5 Å². The molecule has 0 unspecified atom stereocenters. The highest BCUT2D eigenvalue weighted by Crippen LogP contribution is 2.23. The van der Waals surface area contributed by atoms with E-state index in [0.29, 0.717) is 22.2 Å². The summed E-state index contributed by atoms with van der Waals surface area (Å²) in [5.41, 5.74) is 2.33. The number of thiophene rings is 1. The van der Waals surface area contributed by atoms with Gasteiger partial charge in [-0.25, -0.2) is 4.98 Å². The van der Waals surface area contributed by atoms with Gasteiger partial charge < -0.3 is 0 Å². The normalized spacial score (nSPS) is 10.7. The van der Waals surface area contributed by atoms with E-state index in [4.69, 9.17) is 0 Å². The molecule has 0 amide bonds. The summed E-state index contributed by atoms with van der Waals surface area (Å²) in [7, 11) is 0. The number of carbonyl (C=O) groups excluding carboxylic acids is 2. The van der Waals surface area contributed by atoms with Gasteiger partial charge in [0.05, 0.1) is 11.1 Å². The molecule has 0 N–H and O–H groups in total. The minimum absolute atomic E-state index is 0.197. The minimum Gasteiger partial charge on any atom is -0.289 e. The van der Waals surface area contributed by atoms with Crippen molar-refractivity contribution in [2.75, 3.05) is 0 Å². The number of carbonyl (C=O) groups is 2. The summed E-state index contributed by atoms with van der Waals surface area (Å²) < 4.78 is 0. The van der Waals surface area contributed by atoms with Crippen LogP contribution in [0.3, 0.4) is 0 Å². The van der Waals surface area contributed by atoms with Crippen LogP contribution in [-0.4, -0.2) is 16.6 Å². The Morgan fingerprint density at radius 2 is 1.56 bits per heavy atom. The number of benzene rings is 2. The van der Waals surface area contributed by atoms with Crippen LogP contribution < -0.4 is 0 Å². The monoisotopic (exact) mass is 343 g/mol. The van der Waals surface area contributed by atoms with Gasteiger partial charge in [-0.2, -0.15) is 11.3 Å². The quantitative estimate of drug-likeness (QED) is 0.502. The number of hydrogen-bond acceptors (Lipinski definition) is 4. The maximum absolute atomic E-state index is 13.0. The van der Waals surface area contributed by atoms with Crippen LogP contribution in [-0.2, 0) is 0 Å². The summed E-state index contributed by atoms with van der Waals surface area (Å²) >= 11 is 1.44. The van der Waals surface area contributed by atoms with E-state index in [-0.39, 0.29) is 17.3 Å². The third kappa shape index (κ3) is 2.88. The fourth-order valence-electron chi connectivity index (χ4n) is 2.74. The summed E-state index contributed by atoms with van der Waals surface area (Å²) in [6.07, 6.45) is 0. The van der Waals surface area contributed by atoms with Gasteiger partial charge >= 0.3 is 0 Å². The van der Waals surface area contributed by atoms with Crippen molar-refractivity contribution in [2.24, 2.45) is 0 Å². The molecule has 0 saturated carbocycles. The first-order valence-electron chi connectivity index (χ1n) is 7.80. The van der Waals surface area contributed by atoms with Gasteiger partial charge in [-0.3, -0.25) is 9.59 Å². The van der Waals surface area contributed by atoms with Gasteiger partial charge in [-0.1, -0.05) is 48.5 Å². The molecule has 120 valence electrons. The highest BCUT2D eigenvalue weighted by molar-refractivity contribution is 7.08. The summed E-state index contributed by atoms with van der Waals surface area (Å²) in [5.74, 6) is -0.427. The minimum atomic E-state index is -0.230. The Balaban J connectivity index is 1.93. The molecule has 0 aliphatic carbocycles. The van der Waals surface area contributed by atoms with Gasteiger partial charge in [-0.05, 0) is 23.6 Å². The Morgan fingerprint density at radius 1 is 0.800 bits per heavy atom. The predicted octanol–water partition coefficient (Wildman–Crippen LogP) is 4.76. The lowest BCUT2D eigenvalue weighted by Crippen LogP contribution is -2.13. The van der Waals surface area contributed by atoms with E-state index < -0.39 is 0 Å². The van der Waals surface area contributed by atoms with Crippen LogP contribution in [0.1, 0.15) is 32.0 Å². The van der Waals surface area contributed by atoms with Crippen LogP contribution >= 0.6 is 11.3 Å². The second kappa shape index (κ2) is 6.42. The summed E-state index contributed by atoms with van der Waals surface area (Å²) in [5, 5.41) is 4.45. The smallest absolute Gasteiger partial charge is 0.212 e. The molecular weight excluding hydrogens is 330 g/mol. The van der Waals surface area contributed by atoms with Crippen molar-refractivity contribution in [1.29, 1.82) is 0 Å². The molecule has 25 heavy (non-hydrogen) atoms. The maximum atomic E-state index is 13.0. The molecule has 0 aliphatic rings. The standard InChI is InChI=1S/C21H13NO2S/c23-20(14-6-2-1-3-7-14)17-12-15-8-4-5-9-18(15)22-19(17)21(24)16-10-11-25-13-16/h1-13H. The number of fused-ring (bicyclic) bond motifs is 1. The van der Waals surface area contributed by atoms with E-state index in [9.17, 15) is 9.59 Å². The zero-order chi connectivity index (χ0) is 17.2. The molecule has 0 atom stereocenters. The van der Waals surface area contributed by atoms with E-state index in [1.54, 1.807) is 29.6 Å². The molecule has 4 heteroatoms. The Kier molecular flexibility index (Phi) is 3.96. The van der Waals surface area contributed by atoms with Gasteiger partial charge in [0.15, 0.2) is 5.78 Å². The van der Waals surface area contributed by atoms with E-state index in [2.05, 4.69) is 4.98 Å². The van der Waals surface area contributed by atoms with E-state index >= 15 is 0 Å². The summed E-state index contributed by atoms with van der Waals surface area (Å²) in [4.78, 5) is 30.4. The Hall–Kier alpha value is -3.11. The maximum Gasteiger partial charge on any atom is 0.212 e. The molecule has 2 aromatic carbocycles. The fourth-order valence-corrected chi connectivity index (χ4v) is 3.37. The average Bonchev–Trinajstić information content (AvgIpc) is 3.21. The highest BCUT2D eigenvalue weighted by Gasteiger charge is 2.22. The summed E-state index contributed by atoms with van der Waals surface area (Å²) in [6, 6.07) is 20.0. The molecule has 0 spiro atoms. The Morgan fingerprint density at radius 3 is 2.32 bits per heavy atom. The predicted molar refractivity (Wildman–Crippen MR) is 99.4 cm³/mol. The molecule has 2 aromatic heterocycles. The highest BCUT2D eigenvalue weighted by atomic mass is 32.1.